The van der Waals surface area contributed by atoms with Gasteiger partial charge >= 0.3 is 0 Å². The summed E-state index contributed by atoms with van der Waals surface area (Å²) in [5.41, 5.74) is 1.12. The van der Waals surface area contributed by atoms with Gasteiger partial charge in [-0.05, 0) is 31.0 Å². The van der Waals surface area contributed by atoms with E-state index < -0.39 is 0 Å². The lowest BCUT2D eigenvalue weighted by atomic mass is 10.1. The van der Waals surface area contributed by atoms with Crippen LogP contribution in [0.2, 0.25) is 0 Å². The quantitative estimate of drug-likeness (QED) is 0.654. The Morgan fingerprint density at radius 1 is 1.24 bits per heavy atom. The van der Waals surface area contributed by atoms with Gasteiger partial charge in [0.25, 0.3) is 0 Å². The van der Waals surface area contributed by atoms with E-state index in [0.717, 1.165) is 62.2 Å². The van der Waals surface area contributed by atoms with Gasteiger partial charge in [0, 0.05) is 39.1 Å². The van der Waals surface area contributed by atoms with Crippen molar-refractivity contribution in [3.05, 3.63) is 23.8 Å². The molecule has 1 aromatic rings. The lowest BCUT2D eigenvalue weighted by molar-refractivity contribution is 0.181. The molecule has 2 aliphatic rings. The fourth-order valence-corrected chi connectivity index (χ4v) is 3.14. The van der Waals surface area contributed by atoms with Gasteiger partial charge in [-0.25, -0.2) is 4.99 Å². The van der Waals surface area contributed by atoms with E-state index in [-0.39, 0.29) is 0 Å². The van der Waals surface area contributed by atoms with Gasteiger partial charge in [0.2, 0.25) is 0 Å². The highest BCUT2D eigenvalue weighted by atomic mass is 16.5. The van der Waals surface area contributed by atoms with E-state index in [1.54, 1.807) is 0 Å². The Bertz CT molecular complexity index is 585. The Morgan fingerprint density at radius 3 is 2.84 bits per heavy atom. The van der Waals surface area contributed by atoms with Crippen molar-refractivity contribution in [3.8, 4) is 11.5 Å². The average molecular weight is 347 g/mol. The first-order valence-electron chi connectivity index (χ1n) is 9.22. The van der Waals surface area contributed by atoms with Crippen LogP contribution in [0.3, 0.4) is 0 Å². The Balaban J connectivity index is 1.65. The number of ether oxygens (including phenoxy) is 3. The molecule has 0 aliphatic carbocycles. The highest BCUT2D eigenvalue weighted by Gasteiger charge is 2.19. The van der Waals surface area contributed by atoms with Crippen LogP contribution in [0.1, 0.15) is 25.3 Å². The van der Waals surface area contributed by atoms with Gasteiger partial charge in [-0.15, -0.1) is 0 Å². The first-order valence-corrected chi connectivity index (χ1v) is 9.22. The molecular weight excluding hydrogens is 318 g/mol. The van der Waals surface area contributed by atoms with Crippen LogP contribution in [-0.4, -0.2) is 57.4 Å². The third kappa shape index (κ3) is 5.01. The second kappa shape index (κ2) is 8.94. The fourth-order valence-electron chi connectivity index (χ4n) is 3.14. The number of hydrogen-bond acceptors (Lipinski definition) is 4. The fraction of sp³-hybridized carbons (Fsp3) is 0.632. The van der Waals surface area contributed by atoms with Crippen molar-refractivity contribution in [1.82, 2.24) is 10.2 Å². The highest BCUT2D eigenvalue weighted by molar-refractivity contribution is 5.79. The molecule has 2 aliphatic heterocycles. The molecule has 6 heteroatoms. The predicted molar refractivity (Wildman–Crippen MR) is 98.4 cm³/mol. The van der Waals surface area contributed by atoms with E-state index in [1.165, 1.54) is 0 Å². The first-order chi connectivity index (χ1) is 12.3. The second-order valence-electron chi connectivity index (χ2n) is 6.61. The predicted octanol–water partition coefficient (Wildman–Crippen LogP) is 2.28. The molecule has 1 fully saturated rings. The molecule has 2 heterocycles. The SMILES string of the molecule is CCNC(=NCc1ccc2c(c1)OCCCO2)N(C)CC1CCOC1. The summed E-state index contributed by atoms with van der Waals surface area (Å²) in [6.45, 7) is 7.67. The van der Waals surface area contributed by atoms with Crippen LogP contribution in [0.5, 0.6) is 11.5 Å². The molecule has 1 atom stereocenters. The van der Waals surface area contributed by atoms with Crippen molar-refractivity contribution >= 4 is 5.96 Å². The second-order valence-corrected chi connectivity index (χ2v) is 6.61. The van der Waals surface area contributed by atoms with E-state index in [9.17, 15) is 0 Å². The van der Waals surface area contributed by atoms with E-state index in [1.807, 2.05) is 12.1 Å². The summed E-state index contributed by atoms with van der Waals surface area (Å²) in [7, 11) is 2.09. The van der Waals surface area contributed by atoms with Gasteiger partial charge in [0.15, 0.2) is 17.5 Å². The lowest BCUT2D eigenvalue weighted by Gasteiger charge is -2.24. The molecule has 1 saturated heterocycles. The standard InChI is InChI=1S/C19H29N3O3/c1-3-20-19(22(2)13-16-7-10-23-14-16)21-12-15-5-6-17-18(11-15)25-9-4-8-24-17/h5-6,11,16H,3-4,7-10,12-14H2,1-2H3,(H,20,21). The Hall–Kier alpha value is -1.95. The molecule has 0 radical (unpaired) electrons. The average Bonchev–Trinajstić information content (AvgIpc) is 3.01. The maximum absolute atomic E-state index is 5.77. The molecule has 0 amide bonds. The van der Waals surface area contributed by atoms with Gasteiger partial charge in [-0.1, -0.05) is 6.07 Å². The normalized spacial score (nSPS) is 20.2. The Morgan fingerprint density at radius 2 is 2.08 bits per heavy atom. The van der Waals surface area contributed by atoms with Crippen molar-refractivity contribution < 1.29 is 14.2 Å². The van der Waals surface area contributed by atoms with Gasteiger partial charge in [-0.3, -0.25) is 0 Å². The Labute approximate surface area is 150 Å². The zero-order valence-corrected chi connectivity index (χ0v) is 15.3. The van der Waals surface area contributed by atoms with Crippen molar-refractivity contribution in [1.29, 1.82) is 0 Å². The summed E-state index contributed by atoms with van der Waals surface area (Å²) in [5, 5.41) is 3.38. The summed E-state index contributed by atoms with van der Waals surface area (Å²) in [5.74, 6) is 3.18. The third-order valence-corrected chi connectivity index (χ3v) is 4.48. The molecule has 0 spiro atoms. The van der Waals surface area contributed by atoms with Gasteiger partial charge in [0.1, 0.15) is 0 Å². The monoisotopic (exact) mass is 347 g/mol. The number of hydrogen-bond donors (Lipinski definition) is 1. The zero-order valence-electron chi connectivity index (χ0n) is 15.3. The van der Waals surface area contributed by atoms with Crippen LogP contribution in [0, 0.1) is 5.92 Å². The number of nitrogens with zero attached hydrogens (tertiary/aromatic N) is 2. The number of fused-ring (bicyclic) bond motifs is 1. The van der Waals surface area contributed by atoms with E-state index in [2.05, 4.69) is 30.3 Å². The minimum atomic E-state index is 0.590. The molecule has 1 aromatic carbocycles. The van der Waals surface area contributed by atoms with E-state index in [4.69, 9.17) is 19.2 Å². The van der Waals surface area contributed by atoms with Crippen molar-refractivity contribution in [2.45, 2.75) is 26.3 Å². The van der Waals surface area contributed by atoms with Crippen molar-refractivity contribution in [3.63, 3.8) is 0 Å². The van der Waals surface area contributed by atoms with E-state index in [0.29, 0.717) is 25.7 Å². The third-order valence-electron chi connectivity index (χ3n) is 4.48. The zero-order chi connectivity index (χ0) is 17.5. The number of guanidine groups is 1. The van der Waals surface area contributed by atoms with Crippen LogP contribution in [-0.2, 0) is 11.3 Å². The molecule has 1 unspecified atom stereocenters. The highest BCUT2D eigenvalue weighted by Crippen LogP contribution is 2.30. The summed E-state index contributed by atoms with van der Waals surface area (Å²) in [6, 6.07) is 6.09. The van der Waals surface area contributed by atoms with Crippen LogP contribution in [0.25, 0.3) is 0 Å². The molecule has 0 bridgehead atoms. The van der Waals surface area contributed by atoms with Crippen LogP contribution in [0.15, 0.2) is 23.2 Å². The topological polar surface area (TPSA) is 55.3 Å². The molecule has 6 nitrogen and oxygen atoms in total. The van der Waals surface area contributed by atoms with Gasteiger partial charge in [-0.2, -0.15) is 0 Å². The molecule has 0 saturated carbocycles. The molecular formula is C19H29N3O3. The van der Waals surface area contributed by atoms with Crippen molar-refractivity contribution in [2.24, 2.45) is 10.9 Å². The summed E-state index contributed by atoms with van der Waals surface area (Å²) in [6.07, 6.45) is 2.05. The molecule has 3 rings (SSSR count). The minimum Gasteiger partial charge on any atom is -0.490 e. The first kappa shape index (κ1) is 17.9. The number of nitrogens with one attached hydrogen (secondary N) is 1. The lowest BCUT2D eigenvalue weighted by Crippen LogP contribution is -2.41. The molecule has 25 heavy (non-hydrogen) atoms. The maximum atomic E-state index is 5.77. The number of benzene rings is 1. The summed E-state index contributed by atoms with van der Waals surface area (Å²) < 4.78 is 16.9. The number of aliphatic imine (C=N–C) groups is 1. The largest absolute Gasteiger partial charge is 0.490 e. The van der Waals surface area contributed by atoms with Crippen LogP contribution < -0.4 is 14.8 Å². The molecule has 0 aromatic heterocycles. The van der Waals surface area contributed by atoms with Crippen LogP contribution >= 0.6 is 0 Å². The Kier molecular flexibility index (Phi) is 6.39. The summed E-state index contributed by atoms with van der Waals surface area (Å²) in [4.78, 5) is 6.99. The summed E-state index contributed by atoms with van der Waals surface area (Å²) >= 11 is 0. The van der Waals surface area contributed by atoms with Gasteiger partial charge in [0.05, 0.1) is 26.4 Å². The molecule has 138 valence electrons. The maximum Gasteiger partial charge on any atom is 0.193 e. The smallest absolute Gasteiger partial charge is 0.193 e. The van der Waals surface area contributed by atoms with Gasteiger partial charge < -0.3 is 24.4 Å². The van der Waals surface area contributed by atoms with Crippen molar-refractivity contribution in [2.75, 3.05) is 46.6 Å². The van der Waals surface area contributed by atoms with E-state index >= 15 is 0 Å². The molecule has 1 N–H and O–H groups in total. The number of rotatable bonds is 5. The van der Waals surface area contributed by atoms with Crippen LogP contribution in [0.4, 0.5) is 0 Å². The minimum absolute atomic E-state index is 0.590.